The Morgan fingerprint density at radius 2 is 2.10 bits per heavy atom. The quantitative estimate of drug-likeness (QED) is 0.712. The average molecular weight is 262 g/mol. The zero-order valence-corrected chi connectivity index (χ0v) is 6.69. The molecule has 0 aliphatic rings. The van der Waals surface area contributed by atoms with Gasteiger partial charge in [0.15, 0.2) is 5.69 Å². The van der Waals surface area contributed by atoms with Crippen molar-refractivity contribution in [2.24, 2.45) is 0 Å². The van der Waals surface area contributed by atoms with Gasteiger partial charge in [0.25, 0.3) is 0 Å². The molecule has 0 aliphatic heterocycles. The molecule has 0 amide bonds. The minimum atomic E-state index is -4.34. The molecule has 1 heterocycles. The maximum atomic E-state index is 11.8. The number of aromatic nitrogens is 2. The van der Waals surface area contributed by atoms with E-state index in [0.717, 1.165) is 6.33 Å². The molecule has 1 aromatic rings. The van der Waals surface area contributed by atoms with Crippen LogP contribution in [0.1, 0.15) is 5.69 Å². The Morgan fingerprint density at radius 1 is 1.50 bits per heavy atom. The van der Waals surface area contributed by atoms with E-state index in [4.69, 9.17) is 0 Å². The summed E-state index contributed by atoms with van der Waals surface area (Å²) in [5.74, 6) is 0. The SMILES string of the molecule is FC(F)(F)c1nc[nH]c1I. The van der Waals surface area contributed by atoms with Crippen molar-refractivity contribution in [2.45, 2.75) is 6.18 Å². The molecular weight excluding hydrogens is 260 g/mol. The van der Waals surface area contributed by atoms with Gasteiger partial charge in [0, 0.05) is 0 Å². The fourth-order valence-electron chi connectivity index (χ4n) is 0.476. The Morgan fingerprint density at radius 3 is 2.30 bits per heavy atom. The number of rotatable bonds is 0. The van der Waals surface area contributed by atoms with Crippen LogP contribution in [0.25, 0.3) is 0 Å². The second-order valence-electron chi connectivity index (χ2n) is 1.56. The Hall–Kier alpha value is -0.270. The third kappa shape index (κ3) is 1.41. The first kappa shape index (κ1) is 7.83. The minimum absolute atomic E-state index is 0.0186. The smallest absolute Gasteiger partial charge is 0.340 e. The van der Waals surface area contributed by atoms with E-state index in [-0.39, 0.29) is 3.70 Å². The number of halogens is 4. The molecular formula is C4H2F3IN2. The molecule has 1 N–H and O–H groups in total. The first-order chi connectivity index (χ1) is 4.52. The lowest BCUT2D eigenvalue weighted by molar-refractivity contribution is -0.141. The zero-order chi connectivity index (χ0) is 7.78. The first-order valence-corrected chi connectivity index (χ1v) is 3.36. The molecule has 0 radical (unpaired) electrons. The predicted molar refractivity (Wildman–Crippen MR) is 36.3 cm³/mol. The van der Waals surface area contributed by atoms with Crippen LogP contribution in [-0.4, -0.2) is 9.97 Å². The lowest BCUT2D eigenvalue weighted by Crippen LogP contribution is -2.07. The molecule has 1 aromatic heterocycles. The molecule has 0 aliphatic carbocycles. The lowest BCUT2D eigenvalue weighted by Gasteiger charge is -2.00. The van der Waals surface area contributed by atoms with Gasteiger partial charge in [-0.2, -0.15) is 13.2 Å². The number of H-pyrrole nitrogens is 1. The van der Waals surface area contributed by atoms with Gasteiger partial charge in [-0.05, 0) is 22.6 Å². The largest absolute Gasteiger partial charge is 0.435 e. The zero-order valence-electron chi connectivity index (χ0n) is 4.54. The maximum absolute atomic E-state index is 11.8. The predicted octanol–water partition coefficient (Wildman–Crippen LogP) is 2.03. The van der Waals surface area contributed by atoms with Crippen LogP contribution >= 0.6 is 22.6 Å². The summed E-state index contributed by atoms with van der Waals surface area (Å²) in [6.07, 6.45) is -3.32. The maximum Gasteiger partial charge on any atom is 0.435 e. The van der Waals surface area contributed by atoms with Gasteiger partial charge < -0.3 is 4.98 Å². The molecule has 0 saturated heterocycles. The monoisotopic (exact) mass is 262 g/mol. The van der Waals surface area contributed by atoms with Crippen molar-refractivity contribution in [2.75, 3.05) is 0 Å². The molecule has 0 saturated carbocycles. The van der Waals surface area contributed by atoms with Crippen LogP contribution in [0.3, 0.4) is 0 Å². The lowest BCUT2D eigenvalue weighted by atomic mass is 10.5. The molecule has 10 heavy (non-hydrogen) atoms. The Bertz CT molecular complexity index is 229. The summed E-state index contributed by atoms with van der Waals surface area (Å²) >= 11 is 1.54. The Balaban J connectivity index is 3.05. The van der Waals surface area contributed by atoms with Crippen molar-refractivity contribution in [1.82, 2.24) is 9.97 Å². The van der Waals surface area contributed by atoms with E-state index < -0.39 is 11.9 Å². The number of nitrogens with one attached hydrogen (secondary N) is 1. The fraction of sp³-hybridized carbons (Fsp3) is 0.250. The van der Waals surface area contributed by atoms with Crippen molar-refractivity contribution in [3.8, 4) is 0 Å². The van der Waals surface area contributed by atoms with Gasteiger partial charge in [0.05, 0.1) is 6.33 Å². The average Bonchev–Trinajstić information content (AvgIpc) is 2.11. The summed E-state index contributed by atoms with van der Waals surface area (Å²) in [5, 5.41) is 0. The molecule has 6 heteroatoms. The standard InChI is InChI=1S/C4H2F3IN2/c5-4(6,7)2-3(8)10-1-9-2/h1H,(H,9,10). The third-order valence-electron chi connectivity index (χ3n) is 0.861. The van der Waals surface area contributed by atoms with Crippen LogP contribution in [0, 0.1) is 3.70 Å². The molecule has 1 rings (SSSR count). The number of hydrogen-bond acceptors (Lipinski definition) is 1. The van der Waals surface area contributed by atoms with E-state index in [1.165, 1.54) is 0 Å². The number of hydrogen-bond donors (Lipinski definition) is 1. The molecule has 0 bridgehead atoms. The van der Waals surface area contributed by atoms with Gasteiger partial charge in [-0.1, -0.05) is 0 Å². The van der Waals surface area contributed by atoms with Gasteiger partial charge in [-0.15, -0.1) is 0 Å². The number of alkyl halides is 3. The van der Waals surface area contributed by atoms with Crippen molar-refractivity contribution in [3.05, 3.63) is 15.7 Å². The van der Waals surface area contributed by atoms with Gasteiger partial charge in [-0.25, -0.2) is 4.98 Å². The Labute approximate surface area is 68.0 Å². The summed E-state index contributed by atoms with van der Waals surface area (Å²) in [4.78, 5) is 5.43. The normalized spacial score (nSPS) is 12.0. The van der Waals surface area contributed by atoms with Crippen LogP contribution in [0.5, 0.6) is 0 Å². The fourth-order valence-corrected chi connectivity index (χ4v) is 1.06. The number of imidazole rings is 1. The summed E-state index contributed by atoms with van der Waals surface area (Å²) in [6, 6.07) is 0. The highest BCUT2D eigenvalue weighted by Crippen LogP contribution is 2.29. The van der Waals surface area contributed by atoms with Gasteiger partial charge in [-0.3, -0.25) is 0 Å². The summed E-state index contributed by atoms with van der Waals surface area (Å²) in [6.45, 7) is 0. The topological polar surface area (TPSA) is 28.7 Å². The van der Waals surface area contributed by atoms with Gasteiger partial charge in [0.1, 0.15) is 3.70 Å². The summed E-state index contributed by atoms with van der Waals surface area (Å²) in [7, 11) is 0. The Kier molecular flexibility index (Phi) is 1.88. The van der Waals surface area contributed by atoms with Gasteiger partial charge >= 0.3 is 6.18 Å². The van der Waals surface area contributed by atoms with E-state index in [9.17, 15) is 13.2 Å². The van der Waals surface area contributed by atoms with Crippen LogP contribution in [0.4, 0.5) is 13.2 Å². The van der Waals surface area contributed by atoms with Crippen molar-refractivity contribution < 1.29 is 13.2 Å². The van der Waals surface area contributed by atoms with Crippen molar-refractivity contribution >= 4 is 22.6 Å². The van der Waals surface area contributed by atoms with E-state index in [1.807, 2.05) is 0 Å². The van der Waals surface area contributed by atoms with Crippen LogP contribution in [0.2, 0.25) is 0 Å². The highest BCUT2D eigenvalue weighted by molar-refractivity contribution is 14.1. The highest BCUT2D eigenvalue weighted by Gasteiger charge is 2.35. The van der Waals surface area contributed by atoms with Crippen LogP contribution < -0.4 is 0 Å². The third-order valence-corrected chi connectivity index (χ3v) is 1.68. The molecule has 2 nitrogen and oxygen atoms in total. The number of aromatic amines is 1. The van der Waals surface area contributed by atoms with E-state index in [0.29, 0.717) is 0 Å². The molecule has 0 spiro atoms. The van der Waals surface area contributed by atoms with E-state index in [2.05, 4.69) is 9.97 Å². The molecule has 0 unspecified atom stereocenters. The van der Waals surface area contributed by atoms with Gasteiger partial charge in [0.2, 0.25) is 0 Å². The van der Waals surface area contributed by atoms with E-state index in [1.54, 1.807) is 22.6 Å². The second kappa shape index (κ2) is 2.40. The van der Waals surface area contributed by atoms with Crippen molar-refractivity contribution in [3.63, 3.8) is 0 Å². The molecule has 56 valence electrons. The van der Waals surface area contributed by atoms with Crippen LogP contribution in [0.15, 0.2) is 6.33 Å². The second-order valence-corrected chi connectivity index (χ2v) is 2.64. The van der Waals surface area contributed by atoms with Crippen LogP contribution in [-0.2, 0) is 6.18 Å². The highest BCUT2D eigenvalue weighted by atomic mass is 127. The molecule has 0 aromatic carbocycles. The van der Waals surface area contributed by atoms with E-state index >= 15 is 0 Å². The van der Waals surface area contributed by atoms with Crippen molar-refractivity contribution in [1.29, 1.82) is 0 Å². The molecule has 0 atom stereocenters. The molecule has 0 fully saturated rings. The summed E-state index contributed by atoms with van der Waals surface area (Å²) < 4.78 is 35.4. The minimum Gasteiger partial charge on any atom is -0.340 e. The first-order valence-electron chi connectivity index (χ1n) is 2.28. The number of nitrogens with zero attached hydrogens (tertiary/aromatic N) is 1. The summed E-state index contributed by atoms with van der Waals surface area (Å²) in [5.41, 5.74) is -0.854.